The molecule has 7 nitrogen and oxygen atoms in total. The average molecular weight is 376 g/mol. The van der Waals surface area contributed by atoms with Crippen LogP contribution in [0.3, 0.4) is 0 Å². The quantitative estimate of drug-likeness (QED) is 0.530. The van der Waals surface area contributed by atoms with Gasteiger partial charge in [0.25, 0.3) is 5.91 Å². The summed E-state index contributed by atoms with van der Waals surface area (Å²) < 4.78 is 5.57. The summed E-state index contributed by atoms with van der Waals surface area (Å²) in [5.74, 6) is 1.43. The molecule has 1 aromatic rings. The van der Waals surface area contributed by atoms with Gasteiger partial charge in [0.2, 0.25) is 0 Å². The van der Waals surface area contributed by atoms with E-state index in [4.69, 9.17) is 4.74 Å². The molecule has 0 bridgehead atoms. The first kappa shape index (κ1) is 21.0. The van der Waals surface area contributed by atoms with E-state index in [2.05, 4.69) is 27.4 Å². The van der Waals surface area contributed by atoms with Crippen molar-refractivity contribution in [1.29, 1.82) is 0 Å². The lowest BCUT2D eigenvalue weighted by Gasteiger charge is -2.24. The number of nitrogens with zero attached hydrogens (tertiary/aromatic N) is 3. The zero-order valence-electron chi connectivity index (χ0n) is 17.0. The second-order valence-electron chi connectivity index (χ2n) is 6.96. The summed E-state index contributed by atoms with van der Waals surface area (Å²) in [6, 6.07) is 8.34. The fourth-order valence-electron chi connectivity index (χ4n) is 3.18. The minimum absolute atomic E-state index is 0.0441. The summed E-state index contributed by atoms with van der Waals surface area (Å²) in [6.07, 6.45) is 2.51. The van der Waals surface area contributed by atoms with E-state index in [1.54, 1.807) is 21.1 Å². The Labute approximate surface area is 162 Å². The molecule has 0 saturated carbocycles. The standard InChI is InChI=1S/C20H33N5O2/c1-5-25-11-7-9-17(25)14-23-20(21-2)22-13-16-8-6-10-18(12-16)27-15-19(26)24(3)4/h6,8,10,12,17H,5,7,9,11,13-15H2,1-4H3,(H2,21,22,23). The third kappa shape index (κ3) is 6.75. The van der Waals surface area contributed by atoms with Crippen molar-refractivity contribution in [3.05, 3.63) is 29.8 Å². The molecular formula is C20H33N5O2. The first-order valence-electron chi connectivity index (χ1n) is 9.64. The molecule has 1 aliphatic heterocycles. The lowest BCUT2D eigenvalue weighted by Crippen LogP contribution is -2.44. The van der Waals surface area contributed by atoms with Crippen molar-refractivity contribution in [2.24, 2.45) is 4.99 Å². The Morgan fingerprint density at radius 3 is 2.89 bits per heavy atom. The molecule has 150 valence electrons. The fraction of sp³-hybridized carbons (Fsp3) is 0.600. The smallest absolute Gasteiger partial charge is 0.259 e. The lowest BCUT2D eigenvalue weighted by atomic mass is 10.2. The summed E-state index contributed by atoms with van der Waals surface area (Å²) in [4.78, 5) is 20.0. The maximum Gasteiger partial charge on any atom is 0.259 e. The summed E-state index contributed by atoms with van der Waals surface area (Å²) >= 11 is 0. The predicted octanol–water partition coefficient (Wildman–Crippen LogP) is 1.30. The molecule has 0 aliphatic carbocycles. The van der Waals surface area contributed by atoms with Gasteiger partial charge in [-0.05, 0) is 43.6 Å². The number of carbonyl (C=O) groups excluding carboxylic acids is 1. The summed E-state index contributed by atoms with van der Waals surface area (Å²) in [7, 11) is 5.22. The first-order chi connectivity index (χ1) is 13.0. The van der Waals surface area contributed by atoms with Crippen molar-refractivity contribution in [1.82, 2.24) is 20.4 Å². The number of benzene rings is 1. The summed E-state index contributed by atoms with van der Waals surface area (Å²) in [5, 5.41) is 6.77. The van der Waals surface area contributed by atoms with Crippen molar-refractivity contribution in [2.75, 3.05) is 47.4 Å². The maximum absolute atomic E-state index is 11.6. The van der Waals surface area contributed by atoms with E-state index in [-0.39, 0.29) is 12.5 Å². The molecule has 7 heteroatoms. The number of likely N-dealkylation sites (N-methyl/N-ethyl adjacent to an activating group) is 2. The van der Waals surface area contributed by atoms with Gasteiger partial charge >= 0.3 is 0 Å². The van der Waals surface area contributed by atoms with Gasteiger partial charge in [-0.3, -0.25) is 14.7 Å². The van der Waals surface area contributed by atoms with Gasteiger partial charge in [0.1, 0.15) is 5.75 Å². The van der Waals surface area contributed by atoms with E-state index in [0.29, 0.717) is 18.3 Å². The Morgan fingerprint density at radius 1 is 1.37 bits per heavy atom. The molecule has 0 aromatic heterocycles. The normalized spacial score (nSPS) is 17.6. The molecule has 1 aliphatic rings. The van der Waals surface area contributed by atoms with E-state index in [9.17, 15) is 4.79 Å². The molecule has 1 aromatic carbocycles. The first-order valence-corrected chi connectivity index (χ1v) is 9.64. The highest BCUT2D eigenvalue weighted by Crippen LogP contribution is 2.15. The second-order valence-corrected chi connectivity index (χ2v) is 6.96. The van der Waals surface area contributed by atoms with Crippen LogP contribution in [-0.2, 0) is 11.3 Å². The number of hydrogen-bond donors (Lipinski definition) is 2. The fourth-order valence-corrected chi connectivity index (χ4v) is 3.18. The van der Waals surface area contributed by atoms with E-state index in [1.165, 1.54) is 24.3 Å². The number of nitrogens with one attached hydrogen (secondary N) is 2. The van der Waals surface area contributed by atoms with Gasteiger partial charge in [-0.15, -0.1) is 0 Å². The van der Waals surface area contributed by atoms with Crippen molar-refractivity contribution >= 4 is 11.9 Å². The lowest BCUT2D eigenvalue weighted by molar-refractivity contribution is -0.130. The number of likely N-dealkylation sites (tertiary alicyclic amines) is 1. The minimum atomic E-state index is -0.0591. The molecule has 0 radical (unpaired) electrons. The molecule has 1 fully saturated rings. The van der Waals surface area contributed by atoms with Gasteiger partial charge in [0.15, 0.2) is 12.6 Å². The van der Waals surface area contributed by atoms with Crippen LogP contribution in [0.15, 0.2) is 29.3 Å². The molecular weight excluding hydrogens is 342 g/mol. The van der Waals surface area contributed by atoms with Crippen molar-refractivity contribution in [3.8, 4) is 5.75 Å². The average Bonchev–Trinajstić information content (AvgIpc) is 3.14. The third-order valence-corrected chi connectivity index (χ3v) is 4.85. The van der Waals surface area contributed by atoms with Crippen LogP contribution >= 0.6 is 0 Å². The van der Waals surface area contributed by atoms with Gasteiger partial charge in [-0.25, -0.2) is 0 Å². The van der Waals surface area contributed by atoms with Crippen LogP contribution in [0.25, 0.3) is 0 Å². The third-order valence-electron chi connectivity index (χ3n) is 4.85. The van der Waals surface area contributed by atoms with Crippen molar-refractivity contribution in [2.45, 2.75) is 32.4 Å². The number of hydrogen-bond acceptors (Lipinski definition) is 4. The van der Waals surface area contributed by atoms with Gasteiger partial charge in [-0.2, -0.15) is 0 Å². The van der Waals surface area contributed by atoms with Crippen LogP contribution in [-0.4, -0.2) is 75.1 Å². The molecule has 2 N–H and O–H groups in total. The van der Waals surface area contributed by atoms with Crippen LogP contribution in [0, 0.1) is 0 Å². The van der Waals surface area contributed by atoms with Crippen molar-refractivity contribution < 1.29 is 9.53 Å². The van der Waals surface area contributed by atoms with E-state index >= 15 is 0 Å². The monoisotopic (exact) mass is 375 g/mol. The Hall–Kier alpha value is -2.28. The van der Waals surface area contributed by atoms with Crippen molar-refractivity contribution in [3.63, 3.8) is 0 Å². The number of amides is 1. The van der Waals surface area contributed by atoms with Gasteiger partial charge in [0.05, 0.1) is 0 Å². The largest absolute Gasteiger partial charge is 0.484 e. The van der Waals surface area contributed by atoms with Crippen LogP contribution in [0.5, 0.6) is 5.75 Å². The van der Waals surface area contributed by atoms with E-state index < -0.39 is 0 Å². The van der Waals surface area contributed by atoms with Crippen LogP contribution in [0.4, 0.5) is 0 Å². The minimum Gasteiger partial charge on any atom is -0.484 e. The molecule has 1 atom stereocenters. The summed E-state index contributed by atoms with van der Waals surface area (Å²) in [6.45, 7) is 6.10. The molecule has 1 saturated heterocycles. The number of aliphatic imine (C=N–C) groups is 1. The maximum atomic E-state index is 11.6. The molecule has 27 heavy (non-hydrogen) atoms. The zero-order chi connectivity index (χ0) is 19.6. The highest BCUT2D eigenvalue weighted by molar-refractivity contribution is 5.79. The van der Waals surface area contributed by atoms with E-state index in [1.807, 2.05) is 24.3 Å². The molecule has 1 heterocycles. The summed E-state index contributed by atoms with van der Waals surface area (Å²) in [5.41, 5.74) is 1.07. The SMILES string of the molecule is CCN1CCCC1CNC(=NC)NCc1cccc(OCC(=O)N(C)C)c1. The topological polar surface area (TPSA) is 69.2 Å². The van der Waals surface area contributed by atoms with Crippen LogP contribution in [0.2, 0.25) is 0 Å². The molecule has 1 amide bonds. The Balaban J connectivity index is 1.80. The number of rotatable bonds is 8. The second kappa shape index (κ2) is 10.8. The zero-order valence-corrected chi connectivity index (χ0v) is 17.0. The Morgan fingerprint density at radius 2 is 2.19 bits per heavy atom. The van der Waals surface area contributed by atoms with Crippen LogP contribution in [0.1, 0.15) is 25.3 Å². The number of ether oxygens (including phenoxy) is 1. The highest BCUT2D eigenvalue weighted by Gasteiger charge is 2.22. The molecule has 0 spiro atoms. The number of carbonyl (C=O) groups is 1. The molecule has 2 rings (SSSR count). The van der Waals surface area contributed by atoms with Gasteiger partial charge in [0, 0.05) is 40.3 Å². The Bertz CT molecular complexity index is 633. The Kier molecular flexibility index (Phi) is 8.39. The van der Waals surface area contributed by atoms with Gasteiger partial charge < -0.3 is 20.3 Å². The predicted molar refractivity (Wildman–Crippen MR) is 109 cm³/mol. The molecule has 1 unspecified atom stereocenters. The van der Waals surface area contributed by atoms with E-state index in [0.717, 1.165) is 24.6 Å². The number of guanidine groups is 1. The highest BCUT2D eigenvalue weighted by atomic mass is 16.5. The van der Waals surface area contributed by atoms with Gasteiger partial charge in [-0.1, -0.05) is 19.1 Å². The van der Waals surface area contributed by atoms with Crippen LogP contribution < -0.4 is 15.4 Å².